The van der Waals surface area contributed by atoms with Gasteiger partial charge in [0, 0.05) is 5.56 Å². The number of rotatable bonds is 4. The second-order valence-electron chi connectivity index (χ2n) is 3.55. The van der Waals surface area contributed by atoms with Crippen LogP contribution in [-0.4, -0.2) is 24.7 Å². The maximum atomic E-state index is 12.8. The van der Waals surface area contributed by atoms with E-state index in [1.807, 2.05) is 0 Å². The Bertz CT molecular complexity index is 442. The minimum absolute atomic E-state index is 0.247. The van der Waals surface area contributed by atoms with Crippen LogP contribution in [0.25, 0.3) is 0 Å². The van der Waals surface area contributed by atoms with Gasteiger partial charge in [-0.15, -0.1) is 0 Å². The highest BCUT2D eigenvalue weighted by Gasteiger charge is 2.37. The zero-order valence-electron chi connectivity index (χ0n) is 9.22. The maximum absolute atomic E-state index is 12.8. The first-order valence-corrected chi connectivity index (χ1v) is 4.88. The molecule has 100 valence electrons. The Morgan fingerprint density at radius 2 is 1.89 bits per heavy atom. The van der Waals surface area contributed by atoms with E-state index in [1.54, 1.807) is 0 Å². The van der Waals surface area contributed by atoms with Crippen LogP contribution in [0.1, 0.15) is 17.3 Å². The van der Waals surface area contributed by atoms with Crippen LogP contribution >= 0.6 is 0 Å². The van der Waals surface area contributed by atoms with Gasteiger partial charge in [0.2, 0.25) is 0 Å². The summed E-state index contributed by atoms with van der Waals surface area (Å²) >= 11 is 0. The Hall–Kier alpha value is -1.50. The van der Waals surface area contributed by atoms with Crippen molar-refractivity contribution in [2.24, 2.45) is 0 Å². The third-order valence-corrected chi connectivity index (χ3v) is 2.17. The number of halogens is 5. The molecule has 0 bridgehead atoms. The summed E-state index contributed by atoms with van der Waals surface area (Å²) in [5.41, 5.74) is -0.247. The van der Waals surface area contributed by atoms with Crippen molar-refractivity contribution in [1.29, 1.82) is 0 Å². The molecule has 0 spiro atoms. The normalized spacial score (nSPS) is 13.4. The van der Waals surface area contributed by atoms with E-state index in [1.165, 1.54) is 0 Å². The molecule has 0 saturated carbocycles. The lowest BCUT2D eigenvalue weighted by Gasteiger charge is -2.15. The Kier molecular flexibility index (Phi) is 4.39. The molecule has 7 heteroatoms. The van der Waals surface area contributed by atoms with Crippen LogP contribution in [0.3, 0.4) is 0 Å². The second-order valence-corrected chi connectivity index (χ2v) is 3.55. The van der Waals surface area contributed by atoms with E-state index in [0.29, 0.717) is 6.07 Å². The fourth-order valence-electron chi connectivity index (χ4n) is 1.05. The molecule has 0 saturated heterocycles. The average Bonchev–Trinajstić information content (AvgIpc) is 2.27. The molecule has 0 radical (unpaired) electrons. The van der Waals surface area contributed by atoms with Crippen molar-refractivity contribution < 1.29 is 31.5 Å². The first-order chi connectivity index (χ1) is 8.21. The molecule has 0 aliphatic carbocycles. The van der Waals surface area contributed by atoms with Gasteiger partial charge in [-0.25, -0.2) is 8.78 Å². The number of hydrogen-bond donors (Lipinski definition) is 0. The maximum Gasteiger partial charge on any atom is 0.414 e. The van der Waals surface area contributed by atoms with Crippen LogP contribution in [0, 0.1) is 11.6 Å². The molecule has 1 unspecified atom stereocenters. The number of ether oxygens (including phenoxy) is 1. The van der Waals surface area contributed by atoms with Crippen molar-refractivity contribution in [2.45, 2.75) is 19.2 Å². The molecule has 2 nitrogen and oxygen atoms in total. The Morgan fingerprint density at radius 1 is 1.28 bits per heavy atom. The molecule has 1 aromatic carbocycles. The molecule has 0 heterocycles. The van der Waals surface area contributed by atoms with E-state index in [-0.39, 0.29) is 5.56 Å². The smallest absolute Gasteiger partial charge is 0.361 e. The standard InChI is InChI=1S/C11H9F5O2/c1-6(11(14,15)16)18-5-10(17)7-2-3-8(12)9(13)4-7/h2-4,6H,5H2,1H3. The van der Waals surface area contributed by atoms with Gasteiger partial charge in [0.1, 0.15) is 6.61 Å². The number of ketones is 1. The van der Waals surface area contributed by atoms with Crippen LogP contribution in [0.4, 0.5) is 22.0 Å². The van der Waals surface area contributed by atoms with Crippen LogP contribution in [0.2, 0.25) is 0 Å². The molecule has 0 aliphatic rings. The number of carbonyl (C=O) groups is 1. The first kappa shape index (κ1) is 14.6. The number of carbonyl (C=O) groups excluding carboxylic acids is 1. The summed E-state index contributed by atoms with van der Waals surface area (Å²) in [6, 6.07) is 2.30. The molecule has 1 aromatic rings. The summed E-state index contributed by atoms with van der Waals surface area (Å²) in [7, 11) is 0. The predicted octanol–water partition coefficient (Wildman–Crippen LogP) is 3.11. The molecule has 0 amide bonds. The molecule has 1 atom stereocenters. The first-order valence-electron chi connectivity index (χ1n) is 4.88. The van der Waals surface area contributed by atoms with Gasteiger partial charge in [-0.1, -0.05) is 0 Å². The third kappa shape index (κ3) is 3.76. The van der Waals surface area contributed by atoms with Crippen LogP contribution in [0.15, 0.2) is 18.2 Å². The van der Waals surface area contributed by atoms with Gasteiger partial charge in [0.05, 0.1) is 0 Å². The summed E-state index contributed by atoms with van der Waals surface area (Å²) < 4.78 is 65.9. The van der Waals surface area contributed by atoms with Crippen molar-refractivity contribution in [1.82, 2.24) is 0 Å². The highest BCUT2D eigenvalue weighted by Crippen LogP contribution is 2.22. The van der Waals surface area contributed by atoms with Gasteiger partial charge >= 0.3 is 6.18 Å². The van der Waals surface area contributed by atoms with Gasteiger partial charge in [-0.05, 0) is 25.1 Å². The molecule has 0 N–H and O–H groups in total. The number of alkyl halides is 3. The number of hydrogen-bond acceptors (Lipinski definition) is 2. The average molecular weight is 268 g/mol. The lowest BCUT2D eigenvalue weighted by Crippen LogP contribution is -2.30. The van der Waals surface area contributed by atoms with Gasteiger partial charge < -0.3 is 4.74 Å². The van der Waals surface area contributed by atoms with E-state index in [9.17, 15) is 26.7 Å². The highest BCUT2D eigenvalue weighted by molar-refractivity contribution is 5.97. The van der Waals surface area contributed by atoms with Crippen molar-refractivity contribution in [2.75, 3.05) is 6.61 Å². The third-order valence-electron chi connectivity index (χ3n) is 2.17. The fourth-order valence-corrected chi connectivity index (χ4v) is 1.05. The minimum atomic E-state index is -4.58. The van der Waals surface area contributed by atoms with Crippen molar-refractivity contribution in [3.63, 3.8) is 0 Å². The van der Waals surface area contributed by atoms with Gasteiger partial charge in [0.15, 0.2) is 23.5 Å². The largest absolute Gasteiger partial charge is 0.414 e. The van der Waals surface area contributed by atoms with E-state index in [0.717, 1.165) is 19.1 Å². The molecule has 0 aliphatic heterocycles. The monoisotopic (exact) mass is 268 g/mol. The molecule has 18 heavy (non-hydrogen) atoms. The lowest BCUT2D eigenvalue weighted by molar-refractivity contribution is -0.210. The van der Waals surface area contributed by atoms with E-state index in [2.05, 4.69) is 4.74 Å². The van der Waals surface area contributed by atoms with Gasteiger partial charge in [0.25, 0.3) is 0 Å². The summed E-state index contributed by atoms with van der Waals surface area (Å²) in [4.78, 5) is 11.4. The van der Waals surface area contributed by atoms with Gasteiger partial charge in [-0.3, -0.25) is 4.79 Å². The fraction of sp³-hybridized carbons (Fsp3) is 0.364. The van der Waals surface area contributed by atoms with E-state index < -0.39 is 36.3 Å². The molecule has 1 rings (SSSR count). The molecular weight excluding hydrogens is 259 g/mol. The molecule has 0 fully saturated rings. The SMILES string of the molecule is CC(OCC(=O)c1ccc(F)c(F)c1)C(F)(F)F. The summed E-state index contributed by atoms with van der Waals surface area (Å²) in [6.07, 6.45) is -6.68. The number of benzene rings is 1. The predicted molar refractivity (Wildman–Crippen MR) is 52.2 cm³/mol. The topological polar surface area (TPSA) is 26.3 Å². The quantitative estimate of drug-likeness (QED) is 0.619. The van der Waals surface area contributed by atoms with E-state index >= 15 is 0 Å². The highest BCUT2D eigenvalue weighted by atomic mass is 19.4. The summed E-state index contributed by atoms with van der Waals surface area (Å²) in [6.45, 7) is -0.107. The van der Waals surface area contributed by atoms with Crippen molar-refractivity contribution in [3.05, 3.63) is 35.4 Å². The summed E-state index contributed by atoms with van der Waals surface area (Å²) in [5, 5.41) is 0. The molecular formula is C11H9F5O2. The van der Waals surface area contributed by atoms with E-state index in [4.69, 9.17) is 0 Å². The second kappa shape index (κ2) is 5.43. The zero-order chi connectivity index (χ0) is 13.9. The Labute approximate surface area is 99.4 Å². The minimum Gasteiger partial charge on any atom is -0.361 e. The number of Topliss-reactive ketones (excluding diaryl/α,β-unsaturated/α-hetero) is 1. The summed E-state index contributed by atoms with van der Waals surface area (Å²) in [5.74, 6) is -3.24. The van der Waals surface area contributed by atoms with Crippen molar-refractivity contribution >= 4 is 5.78 Å². The van der Waals surface area contributed by atoms with Gasteiger partial charge in [-0.2, -0.15) is 13.2 Å². The zero-order valence-corrected chi connectivity index (χ0v) is 9.22. The van der Waals surface area contributed by atoms with Crippen LogP contribution < -0.4 is 0 Å². The van der Waals surface area contributed by atoms with Crippen molar-refractivity contribution in [3.8, 4) is 0 Å². The Balaban J connectivity index is 2.63. The van der Waals surface area contributed by atoms with Crippen LogP contribution in [0.5, 0.6) is 0 Å². The Morgan fingerprint density at radius 3 is 2.39 bits per heavy atom. The van der Waals surface area contributed by atoms with Crippen LogP contribution in [-0.2, 0) is 4.74 Å². The lowest BCUT2D eigenvalue weighted by atomic mass is 10.1. The molecule has 0 aromatic heterocycles.